The molecule has 3 aromatic rings. The smallest absolute Gasteiger partial charge is 0.129 e. The maximum atomic E-state index is 5.73. The number of hydrogen-bond acceptors (Lipinski definition) is 3. The van der Waals surface area contributed by atoms with Gasteiger partial charge in [0.25, 0.3) is 0 Å². The molecule has 0 aliphatic carbocycles. The molecule has 0 bridgehead atoms. The third-order valence-corrected chi connectivity index (χ3v) is 4.91. The van der Waals surface area contributed by atoms with Crippen molar-refractivity contribution >= 4 is 16.7 Å². The fraction of sp³-hybridized carbons (Fsp3) is 0.348. The molecule has 0 unspecified atom stereocenters. The van der Waals surface area contributed by atoms with Crippen LogP contribution >= 0.6 is 0 Å². The number of rotatable bonds is 4. The average Bonchev–Trinajstić information content (AvgIpc) is 2.68. The minimum Gasteiger partial charge on any atom is -0.491 e. The van der Waals surface area contributed by atoms with E-state index in [0.717, 1.165) is 30.2 Å². The van der Waals surface area contributed by atoms with Gasteiger partial charge in [-0.05, 0) is 80.6 Å². The first-order valence-corrected chi connectivity index (χ1v) is 9.62. The number of fused-ring (bicyclic) bond motifs is 1. The van der Waals surface area contributed by atoms with E-state index in [9.17, 15) is 0 Å². The maximum Gasteiger partial charge on any atom is 0.129 e. The van der Waals surface area contributed by atoms with Gasteiger partial charge in [-0.1, -0.05) is 18.2 Å². The van der Waals surface area contributed by atoms with Crippen molar-refractivity contribution in [2.24, 2.45) is 0 Å². The highest BCUT2D eigenvalue weighted by Gasteiger charge is 2.12. The standard InChI is InChI=1S/C23H26N2O/c1-17(2)26-21-10-6-18(7-11-21)19-8-12-22-20(16-19)9-13-23(24-22)25-14-4-3-5-15-25/h6-13,16-17H,3-5,14-15H2,1-2H3. The number of piperidine rings is 1. The number of anilines is 1. The first kappa shape index (κ1) is 16.9. The van der Waals surface area contributed by atoms with Crippen LogP contribution in [0.1, 0.15) is 33.1 Å². The molecule has 26 heavy (non-hydrogen) atoms. The highest BCUT2D eigenvalue weighted by Crippen LogP contribution is 2.27. The summed E-state index contributed by atoms with van der Waals surface area (Å²) < 4.78 is 5.73. The minimum atomic E-state index is 0.196. The monoisotopic (exact) mass is 346 g/mol. The van der Waals surface area contributed by atoms with E-state index in [1.807, 2.05) is 26.0 Å². The summed E-state index contributed by atoms with van der Waals surface area (Å²) in [6, 6.07) is 19.2. The minimum absolute atomic E-state index is 0.196. The molecular formula is C23H26N2O. The summed E-state index contributed by atoms with van der Waals surface area (Å²) in [6.45, 7) is 6.34. The third kappa shape index (κ3) is 3.67. The number of aromatic nitrogens is 1. The zero-order chi connectivity index (χ0) is 17.9. The lowest BCUT2D eigenvalue weighted by Gasteiger charge is -2.27. The Balaban J connectivity index is 1.59. The van der Waals surface area contributed by atoms with E-state index in [2.05, 4.69) is 47.4 Å². The highest BCUT2D eigenvalue weighted by molar-refractivity contribution is 5.85. The largest absolute Gasteiger partial charge is 0.491 e. The predicted octanol–water partition coefficient (Wildman–Crippen LogP) is 5.68. The molecule has 2 aromatic carbocycles. The first-order valence-electron chi connectivity index (χ1n) is 9.62. The Hall–Kier alpha value is -2.55. The Kier molecular flexibility index (Phi) is 4.79. The number of nitrogens with zero attached hydrogens (tertiary/aromatic N) is 2. The zero-order valence-corrected chi connectivity index (χ0v) is 15.6. The second-order valence-electron chi connectivity index (χ2n) is 7.32. The lowest BCUT2D eigenvalue weighted by Crippen LogP contribution is -2.30. The van der Waals surface area contributed by atoms with Crippen LogP contribution in [0.2, 0.25) is 0 Å². The second-order valence-corrected chi connectivity index (χ2v) is 7.32. The Bertz CT molecular complexity index is 880. The Morgan fingerprint density at radius 2 is 1.58 bits per heavy atom. The second kappa shape index (κ2) is 7.36. The third-order valence-electron chi connectivity index (χ3n) is 4.91. The fourth-order valence-corrected chi connectivity index (χ4v) is 3.59. The summed E-state index contributed by atoms with van der Waals surface area (Å²) in [5, 5.41) is 1.19. The topological polar surface area (TPSA) is 25.4 Å². The summed E-state index contributed by atoms with van der Waals surface area (Å²) in [6.07, 6.45) is 4.08. The molecule has 2 heterocycles. The maximum absolute atomic E-state index is 5.73. The van der Waals surface area contributed by atoms with Crippen LogP contribution < -0.4 is 9.64 Å². The molecule has 1 aliphatic heterocycles. The van der Waals surface area contributed by atoms with Crippen molar-refractivity contribution in [2.45, 2.75) is 39.2 Å². The van der Waals surface area contributed by atoms with Crippen LogP contribution in [0.4, 0.5) is 5.82 Å². The van der Waals surface area contributed by atoms with Crippen molar-refractivity contribution in [3.05, 3.63) is 54.6 Å². The average molecular weight is 346 g/mol. The molecule has 1 aliphatic rings. The van der Waals surface area contributed by atoms with E-state index in [1.54, 1.807) is 0 Å². The Labute approximate surface area is 155 Å². The summed E-state index contributed by atoms with van der Waals surface area (Å²) in [4.78, 5) is 7.29. The zero-order valence-electron chi connectivity index (χ0n) is 15.6. The van der Waals surface area contributed by atoms with Gasteiger partial charge < -0.3 is 9.64 Å². The summed E-state index contributed by atoms with van der Waals surface area (Å²) in [5.74, 6) is 2.03. The van der Waals surface area contributed by atoms with Gasteiger partial charge in [0.1, 0.15) is 11.6 Å². The van der Waals surface area contributed by atoms with Crippen molar-refractivity contribution < 1.29 is 4.74 Å². The fourth-order valence-electron chi connectivity index (χ4n) is 3.59. The van der Waals surface area contributed by atoms with Crippen LogP contribution in [-0.2, 0) is 0 Å². The number of pyridine rings is 1. The van der Waals surface area contributed by atoms with Gasteiger partial charge in [-0.15, -0.1) is 0 Å². The summed E-state index contributed by atoms with van der Waals surface area (Å²) in [5.41, 5.74) is 3.47. The van der Waals surface area contributed by atoms with Crippen LogP contribution in [0.3, 0.4) is 0 Å². The normalized spacial score (nSPS) is 14.8. The van der Waals surface area contributed by atoms with Gasteiger partial charge >= 0.3 is 0 Å². The van der Waals surface area contributed by atoms with Crippen LogP contribution in [0.25, 0.3) is 22.0 Å². The van der Waals surface area contributed by atoms with Crippen molar-refractivity contribution in [2.75, 3.05) is 18.0 Å². The molecule has 3 nitrogen and oxygen atoms in total. The predicted molar refractivity (Wildman–Crippen MR) is 109 cm³/mol. The molecule has 1 saturated heterocycles. The lowest BCUT2D eigenvalue weighted by molar-refractivity contribution is 0.242. The number of hydrogen-bond donors (Lipinski definition) is 0. The molecule has 0 atom stereocenters. The molecule has 1 fully saturated rings. The first-order chi connectivity index (χ1) is 12.7. The van der Waals surface area contributed by atoms with Gasteiger partial charge in [-0.3, -0.25) is 0 Å². The van der Waals surface area contributed by atoms with E-state index in [0.29, 0.717) is 0 Å². The Morgan fingerprint density at radius 3 is 2.31 bits per heavy atom. The molecule has 0 N–H and O–H groups in total. The van der Waals surface area contributed by atoms with Crippen LogP contribution in [0.5, 0.6) is 5.75 Å². The van der Waals surface area contributed by atoms with E-state index in [4.69, 9.17) is 9.72 Å². The SMILES string of the molecule is CC(C)Oc1ccc(-c2ccc3nc(N4CCCCC4)ccc3c2)cc1. The van der Waals surface area contributed by atoms with Crippen molar-refractivity contribution in [3.63, 3.8) is 0 Å². The van der Waals surface area contributed by atoms with Crippen molar-refractivity contribution in [3.8, 4) is 16.9 Å². The quantitative estimate of drug-likeness (QED) is 0.608. The molecule has 134 valence electrons. The molecular weight excluding hydrogens is 320 g/mol. The van der Waals surface area contributed by atoms with Crippen LogP contribution in [0.15, 0.2) is 54.6 Å². The number of ether oxygens (including phenoxy) is 1. The molecule has 4 rings (SSSR count). The van der Waals surface area contributed by atoms with E-state index >= 15 is 0 Å². The molecule has 3 heteroatoms. The van der Waals surface area contributed by atoms with E-state index in [1.165, 1.54) is 35.8 Å². The Morgan fingerprint density at radius 1 is 0.846 bits per heavy atom. The van der Waals surface area contributed by atoms with Gasteiger partial charge in [0.05, 0.1) is 11.6 Å². The number of benzene rings is 2. The van der Waals surface area contributed by atoms with Gasteiger partial charge in [0.2, 0.25) is 0 Å². The molecule has 0 spiro atoms. The summed E-state index contributed by atoms with van der Waals surface area (Å²) >= 11 is 0. The highest BCUT2D eigenvalue weighted by atomic mass is 16.5. The van der Waals surface area contributed by atoms with Gasteiger partial charge in [0, 0.05) is 18.5 Å². The lowest BCUT2D eigenvalue weighted by atomic mass is 10.0. The van der Waals surface area contributed by atoms with E-state index in [-0.39, 0.29) is 6.10 Å². The summed E-state index contributed by atoms with van der Waals surface area (Å²) in [7, 11) is 0. The molecule has 0 saturated carbocycles. The van der Waals surface area contributed by atoms with E-state index < -0.39 is 0 Å². The van der Waals surface area contributed by atoms with Gasteiger partial charge in [0.15, 0.2) is 0 Å². The van der Waals surface area contributed by atoms with Crippen molar-refractivity contribution in [1.29, 1.82) is 0 Å². The van der Waals surface area contributed by atoms with Gasteiger partial charge in [-0.2, -0.15) is 0 Å². The molecule has 1 aromatic heterocycles. The van der Waals surface area contributed by atoms with Crippen LogP contribution in [-0.4, -0.2) is 24.2 Å². The van der Waals surface area contributed by atoms with Gasteiger partial charge in [-0.25, -0.2) is 4.98 Å². The molecule has 0 radical (unpaired) electrons. The van der Waals surface area contributed by atoms with Crippen LogP contribution in [0, 0.1) is 0 Å². The van der Waals surface area contributed by atoms with Crippen molar-refractivity contribution in [1.82, 2.24) is 4.98 Å². The molecule has 0 amide bonds.